The Morgan fingerprint density at radius 3 is 1.85 bits per heavy atom. The van der Waals surface area contributed by atoms with Gasteiger partial charge in [-0.25, -0.2) is 4.79 Å². The van der Waals surface area contributed by atoms with Crippen molar-refractivity contribution in [3.8, 4) is 74.4 Å². The second kappa shape index (κ2) is 44.2. The van der Waals surface area contributed by atoms with Gasteiger partial charge in [0.05, 0.1) is 31.3 Å². The fourth-order valence-electron chi connectivity index (χ4n) is 18.4. The Morgan fingerprint density at radius 1 is 0.553 bits per heavy atom. The topological polar surface area (TPSA) is 646 Å². The van der Waals surface area contributed by atoms with E-state index in [0.717, 1.165) is 125 Å². The molecule has 19 rings (SSSR count). The van der Waals surface area contributed by atoms with Crippen LogP contribution in [-0.2, 0) is 96.7 Å². The van der Waals surface area contributed by atoms with Crippen molar-refractivity contribution < 1.29 is 167 Å². The molecule has 43 nitrogen and oxygen atoms in total. The number of aromatic hydroxyl groups is 3. The average Bonchev–Trinajstić information content (AvgIpc) is 0.704. The summed E-state index contributed by atoms with van der Waals surface area (Å²) in [6.07, 6.45) is -21.5. The van der Waals surface area contributed by atoms with Crippen molar-refractivity contribution in [3.05, 3.63) is 170 Å². The van der Waals surface area contributed by atoms with Crippen LogP contribution in [0.3, 0.4) is 0 Å². The van der Waals surface area contributed by atoms with Gasteiger partial charge < -0.3 is 156 Å². The van der Waals surface area contributed by atoms with Crippen LogP contribution in [0.25, 0.3) is 11.1 Å². The molecule has 18 bridgehead atoms. The number of ether oxygens (including phenoxy) is 10. The number of aliphatic hydroxyl groups is 10. The first-order valence-electron chi connectivity index (χ1n) is 46.4. The number of rotatable bonds is 27. The summed E-state index contributed by atoms with van der Waals surface area (Å²) in [7, 11) is 0. The van der Waals surface area contributed by atoms with Gasteiger partial charge in [-0.2, -0.15) is 5.43 Å². The highest BCUT2D eigenvalue weighted by Gasteiger charge is 2.62. The van der Waals surface area contributed by atoms with Gasteiger partial charge in [-0.15, -0.1) is 0 Å². The van der Waals surface area contributed by atoms with Crippen molar-refractivity contribution in [1.29, 1.82) is 0 Å². The summed E-state index contributed by atoms with van der Waals surface area (Å²) in [6.45, 7) is 2.73. The second-order valence-corrected chi connectivity index (χ2v) is 36.4. The zero-order chi connectivity index (χ0) is 101. The van der Waals surface area contributed by atoms with Crippen LogP contribution in [0.2, 0.25) is 5.02 Å². The van der Waals surface area contributed by atoms with Crippen molar-refractivity contribution in [2.45, 2.75) is 265 Å². The SMILES string of the molecule is CCCCCCCCC(=O)NC1C(O)[C@H](O)C(COC(=O)CCCCCCC)O[C@H]1Oc1c2cc3cc1Oc1ccc(cc1Cl)[C@@H](O[C@@H]1OC(CO)[C@@H](O)C(O)C1NC(C)=O)[C@H]1C(=O)N[C@H](C(=O)O)c4cc(O)cc(O[C@H]5OC(CO)[C@@H](O)C(O)C5O)c4-c4cc(ccc4CO)[C@]4(NC(=O)[C@@H]3NC(=O)[C@H]3NC(=O)[C@@H](Cc5ccc(c(C)c5)O2)NC(=O)Cc2ccc(O)c(c2)Oc2cc(O)cc3c2)NN1C4=O. The average molecular weight is 1980 g/mol. The van der Waals surface area contributed by atoms with Crippen LogP contribution in [0.5, 0.6) is 63.2 Å². The summed E-state index contributed by atoms with van der Waals surface area (Å²) < 4.78 is 64.7. The Balaban J connectivity index is 0.998. The number of aryl methyl sites for hydroxylation is 1. The zero-order valence-electron chi connectivity index (χ0n) is 76.8. The number of aliphatic hydroxyl groups excluding tert-OH is 10. The van der Waals surface area contributed by atoms with E-state index in [1.54, 1.807) is 13.0 Å². The number of nitrogens with zero attached hydrogens (tertiary/aromatic N) is 1. The Hall–Kier alpha value is -12.7. The van der Waals surface area contributed by atoms with Crippen molar-refractivity contribution in [1.82, 2.24) is 47.7 Å². The minimum Gasteiger partial charge on any atom is -0.508 e. The third-order valence-electron chi connectivity index (χ3n) is 25.8. The maximum absolute atomic E-state index is 17.4. The highest BCUT2D eigenvalue weighted by atomic mass is 35.5. The molecular weight excluding hydrogens is 1870 g/mol. The molecule has 7 aromatic carbocycles. The lowest BCUT2D eigenvalue weighted by molar-refractivity contribution is -0.289. The van der Waals surface area contributed by atoms with Crippen LogP contribution in [0.1, 0.15) is 179 Å². The van der Waals surface area contributed by atoms with Gasteiger partial charge >= 0.3 is 11.9 Å². The molecule has 4 fully saturated rings. The van der Waals surface area contributed by atoms with Gasteiger partial charge in [-0.3, -0.25) is 48.2 Å². The Labute approximate surface area is 810 Å². The predicted octanol–water partition coefficient (Wildman–Crippen LogP) is 3.01. The number of phenolic OH excluding ortho intramolecular Hbond substituents is 3. The van der Waals surface area contributed by atoms with E-state index in [9.17, 15) is 95.5 Å². The van der Waals surface area contributed by atoms with Gasteiger partial charge in [0.15, 0.2) is 41.4 Å². The van der Waals surface area contributed by atoms with E-state index in [1.165, 1.54) is 36.4 Å². The number of carboxylic acids is 1. The Bertz CT molecular complexity index is 5880. The number of benzene rings is 7. The minimum absolute atomic E-state index is 0.0590. The number of carboxylic acid groups (broad SMARTS) is 1. The number of esters is 1. The Morgan fingerprint density at radius 2 is 1.18 bits per heavy atom. The summed E-state index contributed by atoms with van der Waals surface area (Å²) in [5.74, 6) is -18.0. The largest absolute Gasteiger partial charge is 0.508 e. The van der Waals surface area contributed by atoms with Crippen LogP contribution in [0.15, 0.2) is 115 Å². The molecule has 0 radical (unpaired) electrons. The minimum atomic E-state index is -3.05. The molecule has 22 atom stereocenters. The highest BCUT2D eigenvalue weighted by Crippen LogP contribution is 2.52. The van der Waals surface area contributed by atoms with Crippen LogP contribution in [0.4, 0.5) is 0 Å². The fourth-order valence-corrected chi connectivity index (χ4v) is 18.6. The molecule has 141 heavy (non-hydrogen) atoms. The summed E-state index contributed by atoms with van der Waals surface area (Å²) >= 11 is 7.60. The van der Waals surface area contributed by atoms with E-state index in [4.69, 9.17) is 59.0 Å². The van der Waals surface area contributed by atoms with Crippen LogP contribution in [-0.4, -0.2) is 260 Å². The van der Waals surface area contributed by atoms with E-state index < -0.39 is 305 Å². The van der Waals surface area contributed by atoms with Crippen molar-refractivity contribution in [2.24, 2.45) is 0 Å². The molecule has 0 saturated carbocycles. The quantitative estimate of drug-likeness (QED) is 0.0260. The fraction of sp³-hybridized carbons (Fsp3) is 0.464. The lowest BCUT2D eigenvalue weighted by Crippen LogP contribution is -2.83. The first-order valence-corrected chi connectivity index (χ1v) is 46.8. The highest BCUT2D eigenvalue weighted by molar-refractivity contribution is 6.32. The number of aliphatic carboxylic acids is 1. The number of carbonyl (C=O) groups is 10. The number of phenols is 3. The van der Waals surface area contributed by atoms with Crippen molar-refractivity contribution in [2.75, 3.05) is 19.8 Å². The van der Waals surface area contributed by atoms with Crippen LogP contribution < -0.4 is 66.3 Å². The van der Waals surface area contributed by atoms with Crippen molar-refractivity contribution in [3.63, 3.8) is 0 Å². The first kappa shape index (κ1) is 103. The molecule has 9 unspecified atom stereocenters. The molecule has 12 aliphatic heterocycles. The normalized spacial score (nSPS) is 28.0. The summed E-state index contributed by atoms with van der Waals surface area (Å²) in [5, 5.41) is 180. The number of halogens is 1. The number of fused-ring (bicyclic) bond motifs is 10. The molecule has 7 aromatic rings. The van der Waals surface area contributed by atoms with Gasteiger partial charge in [0.25, 0.3) is 5.91 Å². The third kappa shape index (κ3) is 22.3. The van der Waals surface area contributed by atoms with Gasteiger partial charge in [0.1, 0.15) is 138 Å². The summed E-state index contributed by atoms with van der Waals surface area (Å²) in [4.78, 5) is 154. The number of hydrogen-bond acceptors (Lipinski definition) is 34. The van der Waals surface area contributed by atoms with E-state index in [1.807, 2.05) is 13.8 Å². The molecule has 0 aliphatic carbocycles. The molecule has 0 aromatic heterocycles. The molecule has 22 N–H and O–H groups in total. The van der Waals surface area contributed by atoms with Crippen LogP contribution >= 0.6 is 11.6 Å². The van der Waals surface area contributed by atoms with E-state index >= 15 is 24.0 Å². The molecule has 756 valence electrons. The molecule has 0 spiro atoms. The number of amides is 8. The van der Waals surface area contributed by atoms with Crippen LogP contribution in [0, 0.1) is 6.92 Å². The zero-order valence-corrected chi connectivity index (χ0v) is 77.5. The molecular formula is C97H112ClN9O34. The molecule has 44 heteroatoms. The summed E-state index contributed by atoms with van der Waals surface area (Å²) in [6, 6.07) is 7.01. The smallest absolute Gasteiger partial charge is 0.330 e. The standard InChI is InChI=1S/C97H112ClN9O34/c1-5-7-9-11-13-14-16-69(115)101-77-83(122)81(120)68(42-132-71(117)17-15-12-10-8-6-2)139-94(77)141-87-64-33-50-34-65(87)135-61-25-21-47(32-57(61)98)86(140-93-76(99-44(4)111)82(121)79(118)66(40-109)137-93)78-91(128)104-75(92(129)130)56-37-53(113)38-63(136-95-85(124)84(123)80(119)67(41-110)138-95)72(56)55-35-51(22-20-48(55)39-108)97(96(131)107(78)106-97)105-90(127)74(50)103-89(126)73-49-30-52(112)36-54(31-49)133-62-28-46(18-23-59(62)114)29-70(116)100-58(88(125)102-73)27-45-19-24-60(134-64)43(3)26-45/h18-26,28,30-38,58,66-68,73-86,93-95,106,108-110,112-114,118-124H,5-17,27,29,39-42H2,1-4H3,(H,99,111)(H,100,116)(H,101,115)(H,102,125)(H,103,126)(H,104,128)(H,105,127)(H,129,130)/t58-,66?,67?,68?,73+,74-,75+,76?,77?,78+,79-,80-,81-,82?,83?,84?,85?,86-,93+,94+,95+,97+/m1/s1. The second-order valence-electron chi connectivity index (χ2n) is 36.0. The van der Waals surface area contributed by atoms with E-state index in [-0.39, 0.29) is 64.3 Å². The molecule has 8 amide bonds. The number of nitrogens with one attached hydrogen (secondary N) is 8. The number of unbranched alkanes of at least 4 members (excludes halogenated alkanes) is 9. The third-order valence-corrected chi connectivity index (χ3v) is 26.1. The molecule has 12 aliphatic rings. The van der Waals surface area contributed by atoms with Gasteiger partial charge in [-0.1, -0.05) is 120 Å². The molecule has 12 heterocycles. The lowest BCUT2D eigenvalue weighted by Gasteiger charge is -2.54. The van der Waals surface area contributed by atoms with E-state index in [2.05, 4.69) is 42.6 Å². The first-order chi connectivity index (χ1) is 67.5. The maximum atomic E-state index is 17.4. The predicted molar refractivity (Wildman–Crippen MR) is 487 cm³/mol. The van der Waals surface area contributed by atoms with Crippen molar-refractivity contribution >= 4 is 70.8 Å². The summed E-state index contributed by atoms with van der Waals surface area (Å²) in [5.41, 5.74) is -2.99. The number of hydrazine groups is 1. The number of hydrogen-bond donors (Lipinski definition) is 22. The van der Waals surface area contributed by atoms with Gasteiger partial charge in [0.2, 0.25) is 65.3 Å². The lowest BCUT2D eigenvalue weighted by atomic mass is 9.84. The Kier molecular flexibility index (Phi) is 32.2. The number of carbonyl (C=O) groups excluding carboxylic acids is 9. The maximum Gasteiger partial charge on any atom is 0.330 e. The molecule has 4 saturated heterocycles. The van der Waals surface area contributed by atoms with E-state index in [0.29, 0.717) is 36.3 Å². The van der Waals surface area contributed by atoms with Gasteiger partial charge in [-0.05, 0) is 131 Å². The monoisotopic (exact) mass is 1980 g/mol. The van der Waals surface area contributed by atoms with Gasteiger partial charge in [0, 0.05) is 55.0 Å².